The third-order valence-electron chi connectivity index (χ3n) is 7.58. The number of rotatable bonds is 10. The topological polar surface area (TPSA) is 51.0 Å². The van der Waals surface area contributed by atoms with E-state index in [9.17, 15) is 4.39 Å². The SMILES string of the molecule is CN(C)Cc1c(COc2ccc(F)cc2)ccc2c(CCC3CCN(CC4CCCO4)CC3)noc12. The van der Waals surface area contributed by atoms with Crippen molar-refractivity contribution >= 4 is 11.0 Å². The average molecular weight is 496 g/mol. The van der Waals surface area contributed by atoms with E-state index in [1.54, 1.807) is 12.1 Å². The van der Waals surface area contributed by atoms with E-state index in [4.69, 9.17) is 14.0 Å². The Labute approximate surface area is 213 Å². The van der Waals surface area contributed by atoms with Crippen LogP contribution < -0.4 is 4.74 Å². The molecule has 5 rings (SSSR count). The number of hydrogen-bond acceptors (Lipinski definition) is 6. The van der Waals surface area contributed by atoms with E-state index in [0.717, 1.165) is 66.2 Å². The first-order valence-corrected chi connectivity index (χ1v) is 13.3. The summed E-state index contributed by atoms with van der Waals surface area (Å²) in [4.78, 5) is 4.71. The van der Waals surface area contributed by atoms with Crippen molar-refractivity contribution in [1.29, 1.82) is 0 Å². The van der Waals surface area contributed by atoms with Crippen LogP contribution in [0.4, 0.5) is 4.39 Å². The molecule has 194 valence electrons. The van der Waals surface area contributed by atoms with Gasteiger partial charge < -0.3 is 23.8 Å². The Hall–Kier alpha value is -2.48. The van der Waals surface area contributed by atoms with Gasteiger partial charge in [-0.25, -0.2) is 4.39 Å². The van der Waals surface area contributed by atoms with Gasteiger partial charge in [0.05, 0.1) is 11.8 Å². The molecule has 36 heavy (non-hydrogen) atoms. The van der Waals surface area contributed by atoms with Gasteiger partial charge in [0, 0.05) is 30.6 Å². The average Bonchev–Trinajstić information content (AvgIpc) is 3.54. The third kappa shape index (κ3) is 6.25. The van der Waals surface area contributed by atoms with E-state index >= 15 is 0 Å². The number of aromatic nitrogens is 1. The summed E-state index contributed by atoms with van der Waals surface area (Å²) >= 11 is 0. The molecule has 0 amide bonds. The van der Waals surface area contributed by atoms with Gasteiger partial charge in [-0.15, -0.1) is 0 Å². The van der Waals surface area contributed by atoms with Crippen molar-refractivity contribution in [2.75, 3.05) is 40.3 Å². The molecule has 2 aliphatic rings. The van der Waals surface area contributed by atoms with Crippen LogP contribution in [-0.2, 0) is 24.3 Å². The van der Waals surface area contributed by atoms with E-state index in [-0.39, 0.29) is 5.82 Å². The van der Waals surface area contributed by atoms with Gasteiger partial charge in [-0.2, -0.15) is 0 Å². The summed E-state index contributed by atoms with van der Waals surface area (Å²) in [6, 6.07) is 10.4. The molecule has 6 nitrogen and oxygen atoms in total. The van der Waals surface area contributed by atoms with Crippen LogP contribution in [0.1, 0.15) is 48.9 Å². The number of benzene rings is 2. The second-order valence-electron chi connectivity index (χ2n) is 10.6. The Balaban J connectivity index is 1.21. The molecule has 0 aliphatic carbocycles. The monoisotopic (exact) mass is 495 g/mol. The van der Waals surface area contributed by atoms with Crippen molar-refractivity contribution in [2.45, 2.75) is 57.8 Å². The van der Waals surface area contributed by atoms with Crippen molar-refractivity contribution in [3.05, 3.63) is 59.0 Å². The molecule has 0 N–H and O–H groups in total. The molecule has 0 spiro atoms. The van der Waals surface area contributed by atoms with E-state index < -0.39 is 0 Å². The number of piperidine rings is 1. The first-order valence-electron chi connectivity index (χ1n) is 13.3. The lowest BCUT2D eigenvalue weighted by atomic mass is 9.90. The molecule has 0 radical (unpaired) electrons. The second kappa shape index (κ2) is 11.7. The molecule has 3 aromatic rings. The Morgan fingerprint density at radius 3 is 2.61 bits per heavy atom. The molecule has 0 bridgehead atoms. The fourth-order valence-electron chi connectivity index (χ4n) is 5.52. The molecule has 2 fully saturated rings. The molecule has 2 aliphatic heterocycles. The second-order valence-corrected chi connectivity index (χ2v) is 10.6. The maximum Gasteiger partial charge on any atom is 0.172 e. The van der Waals surface area contributed by atoms with Crippen LogP contribution in [0.15, 0.2) is 40.9 Å². The van der Waals surface area contributed by atoms with Crippen LogP contribution in [0.2, 0.25) is 0 Å². The summed E-state index contributed by atoms with van der Waals surface area (Å²) < 4.78 is 30.9. The zero-order valence-corrected chi connectivity index (χ0v) is 21.5. The minimum atomic E-state index is -0.268. The van der Waals surface area contributed by atoms with Crippen LogP contribution in [0.25, 0.3) is 11.0 Å². The summed E-state index contributed by atoms with van der Waals surface area (Å²) in [5.74, 6) is 1.12. The number of aryl methyl sites for hydroxylation is 1. The Bertz CT molecular complexity index is 1120. The van der Waals surface area contributed by atoms with Crippen LogP contribution in [0, 0.1) is 11.7 Å². The number of halogens is 1. The first kappa shape index (κ1) is 25.2. The van der Waals surface area contributed by atoms with Crippen LogP contribution in [0.3, 0.4) is 0 Å². The lowest BCUT2D eigenvalue weighted by Crippen LogP contribution is -2.38. The van der Waals surface area contributed by atoms with Gasteiger partial charge in [0.2, 0.25) is 0 Å². The number of ether oxygens (including phenoxy) is 2. The molecular weight excluding hydrogens is 457 g/mol. The lowest BCUT2D eigenvalue weighted by Gasteiger charge is -2.33. The normalized spacial score (nSPS) is 19.5. The van der Waals surface area contributed by atoms with E-state index in [1.165, 1.54) is 50.9 Å². The van der Waals surface area contributed by atoms with Gasteiger partial charge in [0.25, 0.3) is 0 Å². The Morgan fingerprint density at radius 2 is 1.89 bits per heavy atom. The zero-order valence-electron chi connectivity index (χ0n) is 21.5. The minimum Gasteiger partial charge on any atom is -0.489 e. The maximum atomic E-state index is 13.2. The fourth-order valence-corrected chi connectivity index (χ4v) is 5.52. The summed E-state index contributed by atoms with van der Waals surface area (Å²) in [5, 5.41) is 5.60. The molecule has 3 heterocycles. The number of fused-ring (bicyclic) bond motifs is 1. The lowest BCUT2D eigenvalue weighted by molar-refractivity contribution is 0.0591. The van der Waals surface area contributed by atoms with E-state index in [1.807, 2.05) is 14.1 Å². The van der Waals surface area contributed by atoms with Crippen LogP contribution in [-0.4, -0.2) is 61.4 Å². The standard InChI is InChI=1S/C29H38FN3O3/c1-32(2)19-27-22(20-35-24-9-7-23(30)8-10-24)6-11-26-28(31-36-29(26)27)12-5-21-13-15-33(16-14-21)18-25-4-3-17-34-25/h6-11,21,25H,3-5,12-20H2,1-2H3. The number of hydrogen-bond donors (Lipinski definition) is 0. The van der Waals surface area contributed by atoms with E-state index in [0.29, 0.717) is 18.5 Å². The minimum absolute atomic E-state index is 0.268. The predicted molar refractivity (Wildman–Crippen MR) is 139 cm³/mol. The highest BCUT2D eigenvalue weighted by Crippen LogP contribution is 2.30. The highest BCUT2D eigenvalue weighted by molar-refractivity contribution is 5.83. The van der Waals surface area contributed by atoms with Crippen molar-refractivity contribution in [3.63, 3.8) is 0 Å². The van der Waals surface area contributed by atoms with Gasteiger partial charge >= 0.3 is 0 Å². The molecule has 0 saturated carbocycles. The maximum absolute atomic E-state index is 13.2. The molecule has 1 atom stereocenters. The third-order valence-corrected chi connectivity index (χ3v) is 7.58. The molecule has 2 aromatic carbocycles. The highest BCUT2D eigenvalue weighted by Gasteiger charge is 2.24. The van der Waals surface area contributed by atoms with Gasteiger partial charge in [0.15, 0.2) is 5.58 Å². The smallest absolute Gasteiger partial charge is 0.172 e. The van der Waals surface area contributed by atoms with Crippen LogP contribution in [0.5, 0.6) is 5.75 Å². The van der Waals surface area contributed by atoms with Crippen molar-refractivity contribution in [2.24, 2.45) is 5.92 Å². The van der Waals surface area contributed by atoms with Gasteiger partial charge in [-0.3, -0.25) is 0 Å². The summed E-state index contributed by atoms with van der Waals surface area (Å²) in [6.07, 6.45) is 7.47. The highest BCUT2D eigenvalue weighted by atomic mass is 19.1. The van der Waals surface area contributed by atoms with Gasteiger partial charge in [-0.1, -0.05) is 11.2 Å². The molecular formula is C29H38FN3O3. The van der Waals surface area contributed by atoms with Crippen LogP contribution >= 0.6 is 0 Å². The summed E-state index contributed by atoms with van der Waals surface area (Å²) in [6.45, 7) is 5.51. The van der Waals surface area contributed by atoms with Crippen molar-refractivity contribution < 1.29 is 18.4 Å². The predicted octanol–water partition coefficient (Wildman–Crippen LogP) is 5.43. The quantitative estimate of drug-likeness (QED) is 0.374. The Morgan fingerprint density at radius 1 is 1.08 bits per heavy atom. The molecule has 1 aromatic heterocycles. The molecule has 2 saturated heterocycles. The van der Waals surface area contributed by atoms with E-state index in [2.05, 4.69) is 27.1 Å². The number of likely N-dealkylation sites (tertiary alicyclic amines) is 1. The Kier molecular flexibility index (Phi) is 8.19. The fraction of sp³-hybridized carbons (Fsp3) is 0.552. The number of nitrogens with zero attached hydrogens (tertiary/aromatic N) is 3. The van der Waals surface area contributed by atoms with Crippen molar-refractivity contribution in [1.82, 2.24) is 15.0 Å². The van der Waals surface area contributed by atoms with Gasteiger partial charge in [0.1, 0.15) is 18.2 Å². The first-order chi connectivity index (χ1) is 17.5. The molecule has 1 unspecified atom stereocenters. The largest absolute Gasteiger partial charge is 0.489 e. The molecule has 7 heteroatoms. The summed E-state index contributed by atoms with van der Waals surface area (Å²) in [7, 11) is 4.10. The van der Waals surface area contributed by atoms with Crippen molar-refractivity contribution in [3.8, 4) is 5.75 Å². The summed E-state index contributed by atoms with van der Waals surface area (Å²) in [5.41, 5.74) is 4.06. The zero-order chi connectivity index (χ0) is 24.9. The van der Waals surface area contributed by atoms with Gasteiger partial charge in [-0.05, 0) is 108 Å².